The molecule has 2 atom stereocenters. The van der Waals surface area contributed by atoms with Crippen molar-refractivity contribution >= 4 is 9.84 Å². The van der Waals surface area contributed by atoms with Crippen molar-refractivity contribution in [2.45, 2.75) is 46.1 Å². The average Bonchev–Trinajstić information content (AvgIpc) is 2.12. The number of hydrogen-bond acceptors (Lipinski definition) is 3. The molecule has 86 valence electrons. The van der Waals surface area contributed by atoms with E-state index in [0.717, 1.165) is 19.3 Å². The van der Waals surface area contributed by atoms with Crippen LogP contribution in [0.2, 0.25) is 0 Å². The number of hydrogen-bond donors (Lipinski definition) is 1. The van der Waals surface area contributed by atoms with Crippen molar-refractivity contribution in [2.24, 2.45) is 11.7 Å². The van der Waals surface area contributed by atoms with E-state index in [9.17, 15) is 8.42 Å². The van der Waals surface area contributed by atoms with Crippen LogP contribution in [0, 0.1) is 5.92 Å². The van der Waals surface area contributed by atoms with Gasteiger partial charge < -0.3 is 5.73 Å². The smallest absolute Gasteiger partial charge is 0.150 e. The Balaban J connectivity index is 3.83. The molecule has 2 N–H and O–H groups in total. The van der Waals surface area contributed by atoms with Gasteiger partial charge in [0.1, 0.15) is 9.84 Å². The highest BCUT2D eigenvalue weighted by Crippen LogP contribution is 2.14. The molecule has 0 aliphatic rings. The van der Waals surface area contributed by atoms with Gasteiger partial charge in [-0.05, 0) is 25.7 Å². The van der Waals surface area contributed by atoms with Crippen LogP contribution < -0.4 is 5.73 Å². The van der Waals surface area contributed by atoms with Gasteiger partial charge in [-0.2, -0.15) is 0 Å². The molecule has 0 aromatic heterocycles. The van der Waals surface area contributed by atoms with Crippen LogP contribution in [0.5, 0.6) is 0 Å². The fourth-order valence-corrected chi connectivity index (χ4v) is 2.44. The van der Waals surface area contributed by atoms with Crippen molar-refractivity contribution in [3.8, 4) is 0 Å². The molecule has 0 rings (SSSR count). The van der Waals surface area contributed by atoms with Crippen LogP contribution in [0.3, 0.4) is 0 Å². The monoisotopic (exact) mass is 221 g/mol. The van der Waals surface area contributed by atoms with Gasteiger partial charge in [-0.15, -0.1) is 0 Å². The molecule has 3 nitrogen and oxygen atoms in total. The van der Waals surface area contributed by atoms with E-state index in [1.165, 1.54) is 0 Å². The molecular formula is C10H23NO2S. The summed E-state index contributed by atoms with van der Waals surface area (Å²) in [5.74, 6) is 1.02. The van der Waals surface area contributed by atoms with Gasteiger partial charge in [-0.1, -0.05) is 20.3 Å². The third-order valence-electron chi connectivity index (χ3n) is 2.74. The van der Waals surface area contributed by atoms with Gasteiger partial charge in [0.2, 0.25) is 0 Å². The molecule has 0 fully saturated rings. The summed E-state index contributed by atoms with van der Waals surface area (Å²) < 4.78 is 22.4. The predicted molar refractivity (Wildman–Crippen MR) is 61.0 cm³/mol. The van der Waals surface area contributed by atoms with E-state index in [2.05, 4.69) is 6.92 Å². The highest BCUT2D eigenvalue weighted by molar-refractivity contribution is 7.91. The molecule has 0 aromatic rings. The summed E-state index contributed by atoms with van der Waals surface area (Å²) in [6.45, 7) is 5.78. The van der Waals surface area contributed by atoms with Gasteiger partial charge in [0.05, 0.1) is 5.75 Å². The van der Waals surface area contributed by atoms with Crippen LogP contribution >= 0.6 is 0 Å². The van der Waals surface area contributed by atoms with Crippen LogP contribution in [0.25, 0.3) is 0 Å². The first kappa shape index (κ1) is 13.9. The SMILES string of the molecule is CCC(CCCS(=O)(=O)CC)C(C)N. The zero-order chi connectivity index (χ0) is 11.2. The lowest BCUT2D eigenvalue weighted by atomic mass is 9.94. The van der Waals surface area contributed by atoms with Gasteiger partial charge in [-0.25, -0.2) is 8.42 Å². The Morgan fingerprint density at radius 2 is 1.86 bits per heavy atom. The maximum atomic E-state index is 11.2. The fraction of sp³-hybridized carbons (Fsp3) is 1.00. The van der Waals surface area contributed by atoms with E-state index in [1.807, 2.05) is 6.92 Å². The van der Waals surface area contributed by atoms with Gasteiger partial charge in [-0.3, -0.25) is 0 Å². The summed E-state index contributed by atoms with van der Waals surface area (Å²) >= 11 is 0. The lowest BCUT2D eigenvalue weighted by molar-refractivity contribution is 0.397. The maximum absolute atomic E-state index is 11.2. The molecular weight excluding hydrogens is 198 g/mol. The Kier molecular flexibility index (Phi) is 6.36. The lowest BCUT2D eigenvalue weighted by Gasteiger charge is -2.18. The van der Waals surface area contributed by atoms with Crippen LogP contribution in [0.15, 0.2) is 0 Å². The van der Waals surface area contributed by atoms with E-state index in [0.29, 0.717) is 11.7 Å². The lowest BCUT2D eigenvalue weighted by Crippen LogP contribution is -2.26. The second-order valence-corrected chi connectivity index (χ2v) is 6.38. The van der Waals surface area contributed by atoms with Crippen LogP contribution in [-0.2, 0) is 9.84 Å². The minimum Gasteiger partial charge on any atom is -0.328 e. The Hall–Kier alpha value is -0.0900. The largest absolute Gasteiger partial charge is 0.328 e. The first-order valence-corrected chi connectivity index (χ1v) is 7.21. The quantitative estimate of drug-likeness (QED) is 0.710. The molecule has 0 bridgehead atoms. The van der Waals surface area contributed by atoms with Crippen LogP contribution in [-0.4, -0.2) is 26.0 Å². The van der Waals surface area contributed by atoms with Crippen molar-refractivity contribution in [3.05, 3.63) is 0 Å². The normalized spacial score (nSPS) is 16.6. The van der Waals surface area contributed by atoms with Gasteiger partial charge >= 0.3 is 0 Å². The van der Waals surface area contributed by atoms with Crippen LogP contribution in [0.4, 0.5) is 0 Å². The van der Waals surface area contributed by atoms with Crippen molar-refractivity contribution in [2.75, 3.05) is 11.5 Å². The van der Waals surface area contributed by atoms with E-state index in [-0.39, 0.29) is 11.8 Å². The molecule has 2 unspecified atom stereocenters. The van der Waals surface area contributed by atoms with Crippen molar-refractivity contribution in [1.29, 1.82) is 0 Å². The molecule has 14 heavy (non-hydrogen) atoms. The Bertz CT molecular complexity index is 235. The predicted octanol–water partition coefficient (Wildman–Crippen LogP) is 1.57. The second-order valence-electron chi connectivity index (χ2n) is 3.91. The first-order chi connectivity index (χ1) is 6.43. The molecule has 0 spiro atoms. The fourth-order valence-electron chi connectivity index (χ4n) is 1.55. The molecule has 4 heteroatoms. The molecule has 0 aliphatic heterocycles. The van der Waals surface area contributed by atoms with E-state index >= 15 is 0 Å². The van der Waals surface area contributed by atoms with E-state index < -0.39 is 9.84 Å². The van der Waals surface area contributed by atoms with E-state index in [1.54, 1.807) is 6.92 Å². The summed E-state index contributed by atoms with van der Waals surface area (Å²) in [7, 11) is -2.79. The summed E-state index contributed by atoms with van der Waals surface area (Å²) in [5.41, 5.74) is 5.78. The third kappa shape index (κ3) is 5.60. The minimum atomic E-state index is -2.79. The first-order valence-electron chi connectivity index (χ1n) is 5.39. The van der Waals surface area contributed by atoms with Gasteiger partial charge in [0, 0.05) is 11.8 Å². The minimum absolute atomic E-state index is 0.171. The maximum Gasteiger partial charge on any atom is 0.150 e. The summed E-state index contributed by atoms with van der Waals surface area (Å²) in [4.78, 5) is 0. The highest BCUT2D eigenvalue weighted by atomic mass is 32.2. The molecule has 0 radical (unpaired) electrons. The molecule has 0 saturated heterocycles. The van der Waals surface area contributed by atoms with Crippen molar-refractivity contribution in [3.63, 3.8) is 0 Å². The zero-order valence-electron chi connectivity index (χ0n) is 9.49. The summed E-state index contributed by atoms with van der Waals surface area (Å²) in [6, 6.07) is 0.171. The Labute approximate surface area is 88.0 Å². The average molecular weight is 221 g/mol. The number of rotatable bonds is 7. The van der Waals surface area contributed by atoms with Crippen LogP contribution in [0.1, 0.15) is 40.0 Å². The molecule has 0 amide bonds. The van der Waals surface area contributed by atoms with Crippen molar-refractivity contribution in [1.82, 2.24) is 0 Å². The molecule has 0 heterocycles. The third-order valence-corrected chi connectivity index (χ3v) is 4.53. The standard InChI is InChI=1S/C10H23NO2S/c1-4-10(9(3)11)7-6-8-14(12,13)5-2/h9-10H,4-8,11H2,1-3H3. The van der Waals surface area contributed by atoms with Gasteiger partial charge in [0.25, 0.3) is 0 Å². The van der Waals surface area contributed by atoms with Crippen molar-refractivity contribution < 1.29 is 8.42 Å². The zero-order valence-corrected chi connectivity index (χ0v) is 10.3. The number of nitrogens with two attached hydrogens (primary N) is 1. The molecule has 0 aliphatic carbocycles. The van der Waals surface area contributed by atoms with E-state index in [4.69, 9.17) is 5.73 Å². The summed E-state index contributed by atoms with van der Waals surface area (Å²) in [6.07, 6.45) is 2.70. The molecule has 0 saturated carbocycles. The number of sulfone groups is 1. The van der Waals surface area contributed by atoms with Gasteiger partial charge in [0.15, 0.2) is 0 Å². The highest BCUT2D eigenvalue weighted by Gasteiger charge is 2.13. The second kappa shape index (κ2) is 6.40. The molecule has 0 aromatic carbocycles. The Morgan fingerprint density at radius 1 is 1.29 bits per heavy atom. The Morgan fingerprint density at radius 3 is 2.21 bits per heavy atom. The topological polar surface area (TPSA) is 60.2 Å². The summed E-state index contributed by atoms with van der Waals surface area (Å²) in [5, 5.41) is 0.